The molecule has 1 atom stereocenters. The van der Waals surface area contributed by atoms with Crippen molar-refractivity contribution in [1.29, 1.82) is 0 Å². The molecule has 0 aromatic heterocycles. The lowest BCUT2D eigenvalue weighted by Gasteiger charge is -2.37. The maximum absolute atomic E-state index is 12.6. The lowest BCUT2D eigenvalue weighted by Crippen LogP contribution is -2.60. The van der Waals surface area contributed by atoms with Gasteiger partial charge in [-0.25, -0.2) is 0 Å². The van der Waals surface area contributed by atoms with E-state index in [9.17, 15) is 18.0 Å². The predicted molar refractivity (Wildman–Crippen MR) is 70.1 cm³/mol. The molecule has 0 radical (unpaired) electrons. The Balaban J connectivity index is 2.21. The third kappa shape index (κ3) is 3.10. The van der Waals surface area contributed by atoms with E-state index in [0.29, 0.717) is 13.1 Å². The quantitative estimate of drug-likeness (QED) is 0.692. The highest BCUT2D eigenvalue weighted by Crippen LogP contribution is 2.21. The second-order valence-electron chi connectivity index (χ2n) is 4.98. The van der Waals surface area contributed by atoms with E-state index in [4.69, 9.17) is 5.11 Å². The van der Waals surface area contributed by atoms with Crippen molar-refractivity contribution in [1.82, 2.24) is 13.9 Å². The Labute approximate surface area is 117 Å². The summed E-state index contributed by atoms with van der Waals surface area (Å²) in [5.41, 5.74) is 0. The molecule has 0 aromatic carbocycles. The molecular weight excluding hydrogens is 286 g/mol. The number of carboxylic acid groups (broad SMARTS) is 1. The number of aliphatic carboxylic acids is 1. The number of nitrogens with zero attached hydrogens (tertiary/aromatic N) is 2. The molecule has 1 amide bonds. The van der Waals surface area contributed by atoms with Crippen LogP contribution >= 0.6 is 0 Å². The Morgan fingerprint density at radius 3 is 2.50 bits per heavy atom. The fraction of sp³-hybridized carbons (Fsp3) is 0.818. The molecule has 0 bridgehead atoms. The average molecular weight is 305 g/mol. The minimum absolute atomic E-state index is 0.114. The van der Waals surface area contributed by atoms with Gasteiger partial charge >= 0.3 is 5.97 Å². The van der Waals surface area contributed by atoms with Crippen LogP contribution in [0.2, 0.25) is 0 Å². The van der Waals surface area contributed by atoms with Crippen molar-refractivity contribution in [3.8, 4) is 0 Å². The van der Waals surface area contributed by atoms with Crippen LogP contribution in [0.5, 0.6) is 0 Å². The van der Waals surface area contributed by atoms with Gasteiger partial charge in [0.2, 0.25) is 5.91 Å². The number of amides is 1. The number of carbonyl (C=O) groups is 2. The lowest BCUT2D eigenvalue weighted by molar-refractivity contribution is -0.141. The van der Waals surface area contributed by atoms with Gasteiger partial charge in [-0.05, 0) is 12.8 Å². The van der Waals surface area contributed by atoms with Gasteiger partial charge < -0.3 is 10.4 Å². The molecule has 2 heterocycles. The number of rotatable bonds is 4. The first-order valence-corrected chi connectivity index (χ1v) is 8.09. The number of nitrogens with one attached hydrogen (secondary N) is 1. The zero-order chi connectivity index (χ0) is 14.8. The summed E-state index contributed by atoms with van der Waals surface area (Å²) in [5.74, 6) is -1.73. The second-order valence-corrected chi connectivity index (χ2v) is 6.86. The number of carbonyl (C=O) groups excluding carboxylic acids is 1. The van der Waals surface area contributed by atoms with Gasteiger partial charge in [-0.2, -0.15) is 17.0 Å². The predicted octanol–water partition coefficient (Wildman–Crippen LogP) is -1.01. The molecule has 114 valence electrons. The monoisotopic (exact) mass is 305 g/mol. The molecule has 8 nitrogen and oxygen atoms in total. The molecule has 0 aromatic rings. The summed E-state index contributed by atoms with van der Waals surface area (Å²) >= 11 is 0. The third-order valence-electron chi connectivity index (χ3n) is 3.59. The molecule has 2 fully saturated rings. The van der Waals surface area contributed by atoms with E-state index in [2.05, 4.69) is 5.32 Å². The molecule has 2 rings (SSSR count). The summed E-state index contributed by atoms with van der Waals surface area (Å²) in [5, 5.41) is 11.4. The molecule has 2 aliphatic rings. The number of hydrogen-bond acceptors (Lipinski definition) is 4. The molecule has 0 spiro atoms. The first-order chi connectivity index (χ1) is 9.43. The van der Waals surface area contributed by atoms with Gasteiger partial charge in [-0.3, -0.25) is 9.59 Å². The molecule has 20 heavy (non-hydrogen) atoms. The first-order valence-electron chi connectivity index (χ1n) is 6.69. The van der Waals surface area contributed by atoms with E-state index in [0.717, 1.165) is 23.6 Å². The topological polar surface area (TPSA) is 107 Å². The molecule has 9 heteroatoms. The number of piperidine rings is 1. The average Bonchev–Trinajstić information content (AvgIpc) is 2.41. The largest absolute Gasteiger partial charge is 0.481 e. The fourth-order valence-electron chi connectivity index (χ4n) is 2.57. The minimum Gasteiger partial charge on any atom is -0.481 e. The van der Waals surface area contributed by atoms with Crippen LogP contribution in [0, 0.1) is 0 Å². The Bertz CT molecular complexity index is 486. The summed E-state index contributed by atoms with van der Waals surface area (Å²) in [6, 6.07) is -1.16. The molecule has 2 aliphatic heterocycles. The van der Waals surface area contributed by atoms with E-state index >= 15 is 0 Å². The van der Waals surface area contributed by atoms with Crippen LogP contribution < -0.4 is 5.32 Å². The summed E-state index contributed by atoms with van der Waals surface area (Å²) in [6.45, 7) is 1.19. The number of hydrogen-bond donors (Lipinski definition) is 2. The van der Waals surface area contributed by atoms with Crippen LogP contribution in [0.25, 0.3) is 0 Å². The maximum Gasteiger partial charge on any atom is 0.305 e. The second kappa shape index (κ2) is 6.06. The van der Waals surface area contributed by atoms with E-state index < -0.39 is 34.5 Å². The fourth-order valence-corrected chi connectivity index (χ4v) is 4.40. The zero-order valence-electron chi connectivity index (χ0n) is 11.1. The van der Waals surface area contributed by atoms with Crippen molar-refractivity contribution < 1.29 is 23.1 Å². The van der Waals surface area contributed by atoms with Crippen LogP contribution in [-0.2, 0) is 19.8 Å². The highest BCUT2D eigenvalue weighted by atomic mass is 32.2. The van der Waals surface area contributed by atoms with Gasteiger partial charge in [0.15, 0.2) is 0 Å². The van der Waals surface area contributed by atoms with Gasteiger partial charge in [-0.1, -0.05) is 6.42 Å². The molecule has 0 aliphatic carbocycles. The van der Waals surface area contributed by atoms with Crippen molar-refractivity contribution in [3.05, 3.63) is 0 Å². The standard InChI is InChI=1S/C11H19N3O5S/c15-10(16)8-9-11(17)12-4-7-14(9)20(18,19)13-5-2-1-3-6-13/h9H,1-8H2,(H,12,17)(H,15,16). The Hall–Kier alpha value is -1.19. The van der Waals surface area contributed by atoms with Gasteiger partial charge in [-0.15, -0.1) is 0 Å². The minimum atomic E-state index is -3.77. The number of carboxylic acids is 1. The number of piperazine rings is 1. The van der Waals surface area contributed by atoms with Gasteiger partial charge in [0.1, 0.15) is 6.04 Å². The van der Waals surface area contributed by atoms with Crippen LogP contribution in [0.1, 0.15) is 25.7 Å². The van der Waals surface area contributed by atoms with Gasteiger partial charge in [0.25, 0.3) is 10.2 Å². The highest BCUT2D eigenvalue weighted by Gasteiger charge is 2.41. The Morgan fingerprint density at radius 2 is 1.90 bits per heavy atom. The molecular formula is C11H19N3O5S. The summed E-state index contributed by atoms with van der Waals surface area (Å²) < 4.78 is 27.5. The zero-order valence-corrected chi connectivity index (χ0v) is 11.9. The summed E-state index contributed by atoms with van der Waals surface area (Å²) in [6.07, 6.45) is 2.07. The van der Waals surface area contributed by atoms with Crippen LogP contribution in [0.4, 0.5) is 0 Å². The van der Waals surface area contributed by atoms with E-state index in [1.807, 2.05) is 0 Å². The summed E-state index contributed by atoms with van der Waals surface area (Å²) in [7, 11) is -3.77. The van der Waals surface area contributed by atoms with Gasteiger partial charge in [0.05, 0.1) is 6.42 Å². The summed E-state index contributed by atoms with van der Waals surface area (Å²) in [4.78, 5) is 22.6. The molecule has 0 saturated carbocycles. The van der Waals surface area contributed by atoms with Crippen molar-refractivity contribution in [2.24, 2.45) is 0 Å². The maximum atomic E-state index is 12.6. The Morgan fingerprint density at radius 1 is 1.25 bits per heavy atom. The normalized spacial score (nSPS) is 26.2. The first kappa shape index (κ1) is 15.2. The molecule has 2 saturated heterocycles. The third-order valence-corrected chi connectivity index (χ3v) is 5.63. The van der Waals surface area contributed by atoms with Crippen LogP contribution in [-0.4, -0.2) is 66.2 Å². The van der Waals surface area contributed by atoms with E-state index in [1.54, 1.807) is 0 Å². The van der Waals surface area contributed by atoms with Crippen molar-refractivity contribution in [3.63, 3.8) is 0 Å². The lowest BCUT2D eigenvalue weighted by atomic mass is 10.1. The van der Waals surface area contributed by atoms with Crippen molar-refractivity contribution >= 4 is 22.1 Å². The van der Waals surface area contributed by atoms with Crippen molar-refractivity contribution in [2.75, 3.05) is 26.2 Å². The highest BCUT2D eigenvalue weighted by molar-refractivity contribution is 7.86. The van der Waals surface area contributed by atoms with E-state index in [1.165, 1.54) is 4.31 Å². The van der Waals surface area contributed by atoms with Crippen LogP contribution in [0.15, 0.2) is 0 Å². The SMILES string of the molecule is O=C(O)CC1C(=O)NCCN1S(=O)(=O)N1CCCCC1. The van der Waals surface area contributed by atoms with Crippen molar-refractivity contribution in [2.45, 2.75) is 31.7 Å². The molecule has 1 unspecified atom stereocenters. The smallest absolute Gasteiger partial charge is 0.305 e. The van der Waals surface area contributed by atoms with Crippen LogP contribution in [0.3, 0.4) is 0 Å². The van der Waals surface area contributed by atoms with E-state index in [-0.39, 0.29) is 13.1 Å². The molecule has 2 N–H and O–H groups in total. The Kier molecular flexibility index (Phi) is 4.61. The van der Waals surface area contributed by atoms with Gasteiger partial charge in [0, 0.05) is 26.2 Å².